The van der Waals surface area contributed by atoms with Crippen LogP contribution in [0.2, 0.25) is 0 Å². The Morgan fingerprint density at radius 2 is 2.11 bits per heavy atom. The summed E-state index contributed by atoms with van der Waals surface area (Å²) in [5.41, 5.74) is -0.0802. The number of thioether (sulfide) groups is 1. The summed E-state index contributed by atoms with van der Waals surface area (Å²) in [5.74, 6) is -1.26. The van der Waals surface area contributed by atoms with E-state index in [1.165, 1.54) is 28.0 Å². The molecule has 0 aromatic carbocycles. The van der Waals surface area contributed by atoms with E-state index in [9.17, 15) is 14.4 Å². The minimum atomic E-state index is -1.78. The molecule has 0 bridgehead atoms. The van der Waals surface area contributed by atoms with Gasteiger partial charge in [0.05, 0.1) is 11.5 Å². The summed E-state index contributed by atoms with van der Waals surface area (Å²) in [6.07, 6.45) is 0.188. The molecular weight excluding hydrogens is 478 g/mol. The second-order valence-corrected chi connectivity index (χ2v) is 10.8. The maximum Gasteiger partial charge on any atom is 0.356 e. The van der Waals surface area contributed by atoms with E-state index in [4.69, 9.17) is 51.1 Å². The number of halogens is 4. The van der Waals surface area contributed by atoms with Gasteiger partial charge in [0.25, 0.3) is 5.91 Å². The molecular formula is C15H12Cl4N2O4S2. The number of esters is 1. The Balaban J connectivity index is 1.65. The summed E-state index contributed by atoms with van der Waals surface area (Å²) in [6.45, 7) is -0.481. The number of thiophene rings is 1. The lowest BCUT2D eigenvalue weighted by Crippen LogP contribution is -2.70. The predicted molar refractivity (Wildman–Crippen MR) is 107 cm³/mol. The van der Waals surface area contributed by atoms with Gasteiger partial charge in [-0.25, -0.2) is 4.79 Å². The van der Waals surface area contributed by atoms with Crippen LogP contribution in [-0.2, 0) is 25.5 Å². The van der Waals surface area contributed by atoms with E-state index in [-0.39, 0.29) is 23.1 Å². The summed E-state index contributed by atoms with van der Waals surface area (Å²) < 4.78 is 3.16. The monoisotopic (exact) mass is 488 g/mol. The summed E-state index contributed by atoms with van der Waals surface area (Å²) in [7, 11) is 0. The van der Waals surface area contributed by atoms with Crippen molar-refractivity contribution in [2.24, 2.45) is 0 Å². The minimum absolute atomic E-state index is 0.0802. The maximum atomic E-state index is 12.5. The molecule has 2 atom stereocenters. The van der Waals surface area contributed by atoms with Gasteiger partial charge in [0.1, 0.15) is 23.7 Å². The van der Waals surface area contributed by atoms with Gasteiger partial charge in [0, 0.05) is 10.6 Å². The lowest BCUT2D eigenvalue weighted by Gasteiger charge is -2.49. The van der Waals surface area contributed by atoms with E-state index >= 15 is 0 Å². The molecule has 2 aliphatic heterocycles. The second-order valence-electron chi connectivity index (χ2n) is 5.66. The van der Waals surface area contributed by atoms with Crippen molar-refractivity contribution in [2.75, 3.05) is 12.4 Å². The van der Waals surface area contributed by atoms with Gasteiger partial charge in [-0.3, -0.25) is 14.5 Å². The number of nitrogens with one attached hydrogen (secondary N) is 1. The van der Waals surface area contributed by atoms with Crippen LogP contribution in [0.15, 0.2) is 28.2 Å². The number of fused-ring (bicyclic) bond motifs is 1. The van der Waals surface area contributed by atoms with E-state index in [0.717, 1.165) is 4.88 Å². The van der Waals surface area contributed by atoms with Gasteiger partial charge in [-0.2, -0.15) is 0 Å². The summed E-state index contributed by atoms with van der Waals surface area (Å²) in [4.78, 5) is 39.1. The molecule has 1 saturated heterocycles. The third-order valence-corrected chi connectivity index (χ3v) is 6.67. The highest BCUT2D eigenvalue weighted by Crippen LogP contribution is 2.42. The van der Waals surface area contributed by atoms with Crippen molar-refractivity contribution >= 4 is 87.3 Å². The minimum Gasteiger partial charge on any atom is -0.456 e. The smallest absolute Gasteiger partial charge is 0.356 e. The first-order valence-corrected chi connectivity index (χ1v) is 11.0. The maximum absolute atomic E-state index is 12.5. The SMILES string of the molecule is O=C(Cc1cccs1)NC1C(=O)N2C(C(=O)OCC(Cl)(Cl)Cl)=C(Cl)CS[C@@H]12. The van der Waals surface area contributed by atoms with Crippen molar-refractivity contribution in [2.45, 2.75) is 21.6 Å². The van der Waals surface area contributed by atoms with E-state index in [1.54, 1.807) is 0 Å². The van der Waals surface area contributed by atoms with Gasteiger partial charge >= 0.3 is 5.97 Å². The fraction of sp³-hybridized carbons (Fsp3) is 0.400. The second kappa shape index (κ2) is 8.39. The Bertz CT molecular complexity index is 794. The molecule has 12 heteroatoms. The number of rotatable bonds is 5. The van der Waals surface area contributed by atoms with E-state index in [1.807, 2.05) is 17.5 Å². The molecule has 1 aromatic heterocycles. The van der Waals surface area contributed by atoms with Crippen LogP contribution in [0.3, 0.4) is 0 Å². The van der Waals surface area contributed by atoms with Crippen molar-refractivity contribution in [3.05, 3.63) is 33.1 Å². The Morgan fingerprint density at radius 1 is 1.37 bits per heavy atom. The molecule has 1 unspecified atom stereocenters. The van der Waals surface area contributed by atoms with Gasteiger partial charge in [-0.05, 0) is 11.4 Å². The molecule has 1 fully saturated rings. The summed E-state index contributed by atoms with van der Waals surface area (Å²) in [6, 6.07) is 2.96. The zero-order chi connectivity index (χ0) is 19.8. The van der Waals surface area contributed by atoms with Crippen LogP contribution in [0.1, 0.15) is 4.88 Å². The van der Waals surface area contributed by atoms with Gasteiger partial charge < -0.3 is 10.1 Å². The van der Waals surface area contributed by atoms with Crippen LogP contribution in [0.4, 0.5) is 0 Å². The molecule has 6 nitrogen and oxygen atoms in total. The Morgan fingerprint density at radius 3 is 2.74 bits per heavy atom. The molecule has 0 spiro atoms. The van der Waals surface area contributed by atoms with Crippen LogP contribution in [0.25, 0.3) is 0 Å². The van der Waals surface area contributed by atoms with Gasteiger partial charge in [0.2, 0.25) is 9.70 Å². The Hall–Kier alpha value is -0.640. The highest BCUT2D eigenvalue weighted by molar-refractivity contribution is 8.00. The summed E-state index contributed by atoms with van der Waals surface area (Å²) >= 11 is 25.6. The molecule has 0 saturated carbocycles. The average molecular weight is 490 g/mol. The quantitative estimate of drug-likeness (QED) is 0.390. The van der Waals surface area contributed by atoms with Crippen LogP contribution >= 0.6 is 69.5 Å². The molecule has 2 aliphatic rings. The highest BCUT2D eigenvalue weighted by Gasteiger charge is 2.54. The molecule has 27 heavy (non-hydrogen) atoms. The van der Waals surface area contributed by atoms with Crippen molar-refractivity contribution in [1.82, 2.24) is 10.2 Å². The van der Waals surface area contributed by atoms with Crippen molar-refractivity contribution in [3.8, 4) is 0 Å². The molecule has 0 aliphatic carbocycles. The third kappa shape index (κ3) is 4.86. The zero-order valence-electron chi connectivity index (χ0n) is 13.4. The number of carbonyl (C=O) groups is 3. The van der Waals surface area contributed by atoms with Crippen molar-refractivity contribution < 1.29 is 19.1 Å². The standard InChI is InChI=1S/C15H12Cl4N2O4S2/c16-8-5-27-13-10(20-9(22)4-7-2-1-3-26-7)12(23)21(13)11(8)14(24)25-6-15(17,18)19/h1-3,10,13H,4-6H2,(H,20,22)/t10?,13-/m0/s1. The number of β-lactam (4-membered cyclic amide) rings is 1. The molecule has 3 heterocycles. The number of ether oxygens (including phenoxy) is 1. The molecule has 146 valence electrons. The van der Waals surface area contributed by atoms with E-state index < -0.39 is 33.7 Å². The average Bonchev–Trinajstić information content (AvgIpc) is 3.09. The fourth-order valence-corrected chi connectivity index (χ4v) is 5.00. The first kappa shape index (κ1) is 21.1. The number of alkyl halides is 3. The van der Waals surface area contributed by atoms with E-state index in [0.29, 0.717) is 5.75 Å². The van der Waals surface area contributed by atoms with Crippen LogP contribution in [0, 0.1) is 0 Å². The molecule has 0 radical (unpaired) electrons. The molecule has 1 N–H and O–H groups in total. The van der Waals surface area contributed by atoms with Crippen LogP contribution in [-0.4, -0.2) is 50.3 Å². The highest BCUT2D eigenvalue weighted by atomic mass is 35.6. The number of nitrogens with zero attached hydrogens (tertiary/aromatic N) is 1. The fourth-order valence-electron chi connectivity index (χ4n) is 2.58. The third-order valence-electron chi connectivity index (χ3n) is 3.71. The van der Waals surface area contributed by atoms with Crippen molar-refractivity contribution in [1.29, 1.82) is 0 Å². The first-order valence-electron chi connectivity index (χ1n) is 7.56. The number of hydrogen-bond acceptors (Lipinski definition) is 6. The number of hydrogen-bond donors (Lipinski definition) is 1. The largest absolute Gasteiger partial charge is 0.456 e. The van der Waals surface area contributed by atoms with Crippen molar-refractivity contribution in [3.63, 3.8) is 0 Å². The normalized spacial score (nSPS) is 22.2. The summed E-state index contributed by atoms with van der Waals surface area (Å²) in [5, 5.41) is 4.31. The van der Waals surface area contributed by atoms with Crippen LogP contribution < -0.4 is 5.32 Å². The van der Waals surface area contributed by atoms with Gasteiger partial charge in [-0.15, -0.1) is 23.1 Å². The van der Waals surface area contributed by atoms with Crippen LogP contribution in [0.5, 0.6) is 0 Å². The first-order chi connectivity index (χ1) is 12.7. The van der Waals surface area contributed by atoms with E-state index in [2.05, 4.69) is 5.32 Å². The van der Waals surface area contributed by atoms with Gasteiger partial charge in [-0.1, -0.05) is 52.5 Å². The predicted octanol–water partition coefficient (Wildman–Crippen LogP) is 3.05. The molecule has 1 aromatic rings. The molecule has 3 rings (SSSR count). The number of carbonyl (C=O) groups excluding carboxylic acids is 3. The van der Waals surface area contributed by atoms with Gasteiger partial charge in [0.15, 0.2) is 0 Å². The number of amides is 2. The molecule has 2 amide bonds. The lowest BCUT2D eigenvalue weighted by atomic mass is 10.0. The Labute approximate surface area is 183 Å². The lowest BCUT2D eigenvalue weighted by molar-refractivity contribution is -0.152. The Kier molecular flexibility index (Phi) is 6.55. The zero-order valence-corrected chi connectivity index (χ0v) is 18.1. The topological polar surface area (TPSA) is 75.7 Å².